The number of hydrogen-bond acceptors (Lipinski definition) is 2. The van der Waals surface area contributed by atoms with Crippen LogP contribution in [0.25, 0.3) is 11.1 Å². The first-order valence-corrected chi connectivity index (χ1v) is 6.88. The average molecular weight is 284 g/mol. The Bertz CT molecular complexity index is 692. The Morgan fingerprint density at radius 2 is 1.90 bits per heavy atom. The molecule has 0 spiro atoms. The first-order valence-electron chi connectivity index (χ1n) is 6.50. The highest BCUT2D eigenvalue weighted by Crippen LogP contribution is 2.22. The molecule has 0 aliphatic rings. The van der Waals surface area contributed by atoms with Gasteiger partial charge in [0.1, 0.15) is 0 Å². The van der Waals surface area contributed by atoms with Gasteiger partial charge in [-0.1, -0.05) is 23.7 Å². The molecule has 0 aliphatic heterocycles. The van der Waals surface area contributed by atoms with E-state index in [2.05, 4.69) is 21.2 Å². The fourth-order valence-electron chi connectivity index (χ4n) is 2.25. The van der Waals surface area contributed by atoms with E-state index in [-0.39, 0.29) is 0 Å². The van der Waals surface area contributed by atoms with E-state index < -0.39 is 0 Å². The molecular formula is C16H14ClN3. The number of hydrogen-bond donors (Lipinski definition) is 1. The lowest BCUT2D eigenvalue weighted by Crippen LogP contribution is -1.94. The molecule has 0 bridgehead atoms. The minimum Gasteiger partial charge on any atom is -0.285 e. The second kappa shape index (κ2) is 5.88. The van der Waals surface area contributed by atoms with Crippen LogP contribution in [0.1, 0.15) is 11.3 Å². The summed E-state index contributed by atoms with van der Waals surface area (Å²) in [4.78, 5) is 4.04. The van der Waals surface area contributed by atoms with Crippen molar-refractivity contribution in [2.75, 3.05) is 0 Å². The number of aromatic nitrogens is 3. The molecule has 0 unspecified atom stereocenters. The highest BCUT2D eigenvalue weighted by molar-refractivity contribution is 6.30. The van der Waals surface area contributed by atoms with Crippen molar-refractivity contribution in [2.24, 2.45) is 0 Å². The fourth-order valence-corrected chi connectivity index (χ4v) is 2.46. The number of aromatic amines is 1. The second-order valence-electron chi connectivity index (χ2n) is 4.61. The maximum absolute atomic E-state index is 6.00. The van der Waals surface area contributed by atoms with Crippen molar-refractivity contribution in [3.8, 4) is 11.1 Å². The van der Waals surface area contributed by atoms with Crippen LogP contribution in [0.2, 0.25) is 5.02 Å². The van der Waals surface area contributed by atoms with Crippen LogP contribution in [-0.2, 0) is 12.8 Å². The standard InChI is InChI=1S/C16H14ClN3/c17-14-3-1-2-12(10-14)4-5-16-15(11-19-20-16)13-6-8-18-9-7-13/h1-3,6-11H,4-5H2,(H,19,20). The van der Waals surface area contributed by atoms with Gasteiger partial charge in [0.15, 0.2) is 0 Å². The van der Waals surface area contributed by atoms with Crippen LogP contribution in [0.3, 0.4) is 0 Å². The summed E-state index contributed by atoms with van der Waals surface area (Å²) in [6.45, 7) is 0. The van der Waals surface area contributed by atoms with E-state index in [0.29, 0.717) is 0 Å². The van der Waals surface area contributed by atoms with Crippen molar-refractivity contribution in [3.63, 3.8) is 0 Å². The number of benzene rings is 1. The van der Waals surface area contributed by atoms with Crippen LogP contribution in [0, 0.1) is 0 Å². The van der Waals surface area contributed by atoms with Gasteiger partial charge in [-0.3, -0.25) is 10.1 Å². The molecule has 0 saturated carbocycles. The third-order valence-corrected chi connectivity index (χ3v) is 3.49. The van der Waals surface area contributed by atoms with Crippen LogP contribution in [0.5, 0.6) is 0 Å². The Morgan fingerprint density at radius 3 is 2.70 bits per heavy atom. The lowest BCUT2D eigenvalue weighted by Gasteiger charge is -2.03. The van der Waals surface area contributed by atoms with Crippen LogP contribution in [-0.4, -0.2) is 15.2 Å². The van der Waals surface area contributed by atoms with Gasteiger partial charge in [-0.25, -0.2) is 0 Å². The number of H-pyrrole nitrogens is 1. The fraction of sp³-hybridized carbons (Fsp3) is 0.125. The Balaban J connectivity index is 1.78. The summed E-state index contributed by atoms with van der Waals surface area (Å²) in [5, 5.41) is 8.08. The van der Waals surface area contributed by atoms with Gasteiger partial charge in [0.2, 0.25) is 0 Å². The minimum atomic E-state index is 0.777. The number of nitrogens with one attached hydrogen (secondary N) is 1. The van der Waals surface area contributed by atoms with E-state index in [9.17, 15) is 0 Å². The summed E-state index contributed by atoms with van der Waals surface area (Å²) in [5.74, 6) is 0. The number of pyridine rings is 1. The number of aryl methyl sites for hydroxylation is 2. The summed E-state index contributed by atoms with van der Waals surface area (Å²) < 4.78 is 0. The predicted octanol–water partition coefficient (Wildman–Crippen LogP) is 3.91. The lowest BCUT2D eigenvalue weighted by atomic mass is 10.0. The smallest absolute Gasteiger partial charge is 0.0703 e. The first kappa shape index (κ1) is 12.9. The summed E-state index contributed by atoms with van der Waals surface area (Å²) in [6, 6.07) is 11.9. The van der Waals surface area contributed by atoms with E-state index in [4.69, 9.17) is 11.6 Å². The zero-order chi connectivity index (χ0) is 13.8. The topological polar surface area (TPSA) is 41.6 Å². The third-order valence-electron chi connectivity index (χ3n) is 3.25. The monoisotopic (exact) mass is 283 g/mol. The normalized spacial score (nSPS) is 10.7. The van der Waals surface area contributed by atoms with Crippen molar-refractivity contribution >= 4 is 11.6 Å². The molecule has 0 saturated heterocycles. The van der Waals surface area contributed by atoms with Crippen molar-refractivity contribution in [3.05, 3.63) is 71.3 Å². The Hall–Kier alpha value is -2.13. The SMILES string of the molecule is Clc1cccc(CCc2n[nH]cc2-c2ccncc2)c1. The molecule has 2 aromatic heterocycles. The molecule has 0 atom stereocenters. The maximum atomic E-state index is 6.00. The highest BCUT2D eigenvalue weighted by atomic mass is 35.5. The summed E-state index contributed by atoms with van der Waals surface area (Å²) in [7, 11) is 0. The molecule has 0 amide bonds. The zero-order valence-electron chi connectivity index (χ0n) is 10.9. The van der Waals surface area contributed by atoms with E-state index in [1.165, 1.54) is 5.56 Å². The van der Waals surface area contributed by atoms with E-state index in [1.54, 1.807) is 12.4 Å². The second-order valence-corrected chi connectivity index (χ2v) is 5.05. The molecule has 20 heavy (non-hydrogen) atoms. The van der Waals surface area contributed by atoms with Crippen LogP contribution >= 0.6 is 11.6 Å². The largest absolute Gasteiger partial charge is 0.285 e. The van der Waals surface area contributed by atoms with Gasteiger partial charge in [-0.05, 0) is 48.2 Å². The third kappa shape index (κ3) is 2.89. The Labute approximate surface area is 122 Å². The van der Waals surface area contributed by atoms with Gasteiger partial charge in [0, 0.05) is 29.2 Å². The molecule has 3 rings (SSSR count). The zero-order valence-corrected chi connectivity index (χ0v) is 11.6. The molecule has 100 valence electrons. The predicted molar refractivity (Wildman–Crippen MR) is 80.7 cm³/mol. The van der Waals surface area contributed by atoms with E-state index in [1.807, 2.05) is 36.5 Å². The van der Waals surface area contributed by atoms with Gasteiger partial charge in [0.05, 0.1) is 5.69 Å². The molecule has 3 nitrogen and oxygen atoms in total. The van der Waals surface area contributed by atoms with Crippen molar-refractivity contribution in [2.45, 2.75) is 12.8 Å². The van der Waals surface area contributed by atoms with Gasteiger partial charge in [0.25, 0.3) is 0 Å². The molecule has 2 heterocycles. The summed E-state index contributed by atoms with van der Waals surface area (Å²) in [5.41, 5.74) is 4.56. The molecule has 3 aromatic rings. The summed E-state index contributed by atoms with van der Waals surface area (Å²) >= 11 is 6.00. The van der Waals surface area contributed by atoms with E-state index in [0.717, 1.165) is 34.7 Å². The molecule has 0 fully saturated rings. The average Bonchev–Trinajstić information content (AvgIpc) is 2.95. The highest BCUT2D eigenvalue weighted by Gasteiger charge is 2.08. The molecule has 4 heteroatoms. The van der Waals surface area contributed by atoms with Crippen LogP contribution in [0.15, 0.2) is 55.0 Å². The van der Waals surface area contributed by atoms with E-state index >= 15 is 0 Å². The first-order chi connectivity index (χ1) is 9.83. The van der Waals surface area contributed by atoms with Gasteiger partial charge >= 0.3 is 0 Å². The Kier molecular flexibility index (Phi) is 3.79. The van der Waals surface area contributed by atoms with Crippen molar-refractivity contribution < 1.29 is 0 Å². The molecule has 1 N–H and O–H groups in total. The number of nitrogens with zero attached hydrogens (tertiary/aromatic N) is 2. The number of rotatable bonds is 4. The molecule has 0 radical (unpaired) electrons. The lowest BCUT2D eigenvalue weighted by molar-refractivity contribution is 0.894. The molecule has 0 aliphatic carbocycles. The molecular weight excluding hydrogens is 270 g/mol. The summed E-state index contributed by atoms with van der Waals surface area (Å²) in [6.07, 6.45) is 7.32. The minimum absolute atomic E-state index is 0.777. The maximum Gasteiger partial charge on any atom is 0.0703 e. The van der Waals surface area contributed by atoms with Gasteiger partial charge in [-0.2, -0.15) is 5.10 Å². The number of halogens is 1. The Morgan fingerprint density at radius 1 is 1.05 bits per heavy atom. The quantitative estimate of drug-likeness (QED) is 0.789. The molecule has 1 aromatic carbocycles. The van der Waals surface area contributed by atoms with Crippen molar-refractivity contribution in [1.82, 2.24) is 15.2 Å². The van der Waals surface area contributed by atoms with Crippen molar-refractivity contribution in [1.29, 1.82) is 0 Å². The van der Waals surface area contributed by atoms with Gasteiger partial charge in [-0.15, -0.1) is 0 Å². The van der Waals surface area contributed by atoms with Gasteiger partial charge < -0.3 is 0 Å². The van der Waals surface area contributed by atoms with Crippen LogP contribution < -0.4 is 0 Å². The van der Waals surface area contributed by atoms with Crippen LogP contribution in [0.4, 0.5) is 0 Å².